The van der Waals surface area contributed by atoms with E-state index in [1.165, 1.54) is 5.69 Å². The van der Waals surface area contributed by atoms with Crippen LogP contribution in [0, 0.1) is 0 Å². The molecule has 19 heavy (non-hydrogen) atoms. The molecular weight excluding hydrogens is 251 g/mol. The van der Waals surface area contributed by atoms with Gasteiger partial charge in [-0.15, -0.1) is 11.3 Å². The number of nitrogens with zero attached hydrogens (tertiary/aromatic N) is 2. The van der Waals surface area contributed by atoms with Crippen LogP contribution in [-0.4, -0.2) is 26.9 Å². The van der Waals surface area contributed by atoms with Crippen molar-refractivity contribution < 1.29 is 0 Å². The Bertz CT molecular complexity index is 717. The van der Waals surface area contributed by atoms with Crippen LogP contribution in [0.5, 0.6) is 0 Å². The van der Waals surface area contributed by atoms with Crippen molar-refractivity contribution in [3.8, 4) is 10.6 Å². The minimum absolute atomic E-state index is 0.783. The van der Waals surface area contributed by atoms with E-state index in [0.29, 0.717) is 0 Å². The lowest BCUT2D eigenvalue weighted by Crippen LogP contribution is -2.07. The Labute approximate surface area is 118 Å². The van der Waals surface area contributed by atoms with Crippen molar-refractivity contribution in [3.05, 3.63) is 42.5 Å². The topological polar surface area (TPSA) is 16.1 Å². The van der Waals surface area contributed by atoms with E-state index in [2.05, 4.69) is 34.1 Å². The number of benzene rings is 2. The fraction of sp³-hybridized carbons (Fsp3) is 0.133. The van der Waals surface area contributed by atoms with Crippen LogP contribution in [0.15, 0.2) is 42.5 Å². The normalized spacial score (nSPS) is 10.8. The minimum Gasteiger partial charge on any atom is -0.378 e. The first-order chi connectivity index (χ1) is 9.13. The molecule has 3 rings (SSSR count). The number of hydrogen-bond acceptors (Lipinski definition) is 3. The number of rotatable bonds is 2. The van der Waals surface area contributed by atoms with Crippen LogP contribution in [0.4, 0.5) is 5.69 Å². The van der Waals surface area contributed by atoms with E-state index in [4.69, 9.17) is 7.85 Å². The molecule has 0 saturated heterocycles. The smallest absolute Gasteiger partial charge is 0.124 e. The molecule has 4 heteroatoms. The highest BCUT2D eigenvalue weighted by Crippen LogP contribution is 2.30. The van der Waals surface area contributed by atoms with Crippen LogP contribution in [0.2, 0.25) is 0 Å². The van der Waals surface area contributed by atoms with Crippen LogP contribution in [-0.2, 0) is 0 Å². The number of hydrogen-bond donors (Lipinski definition) is 0. The van der Waals surface area contributed by atoms with E-state index in [1.807, 2.05) is 32.3 Å². The van der Waals surface area contributed by atoms with Crippen molar-refractivity contribution in [2.45, 2.75) is 0 Å². The Balaban J connectivity index is 2.03. The molecule has 2 aromatic carbocycles. The van der Waals surface area contributed by atoms with E-state index in [1.54, 1.807) is 11.3 Å². The third kappa shape index (κ3) is 2.36. The van der Waals surface area contributed by atoms with Crippen LogP contribution in [0.3, 0.4) is 0 Å². The fourth-order valence-corrected chi connectivity index (χ4v) is 2.99. The summed E-state index contributed by atoms with van der Waals surface area (Å²) in [5.74, 6) is 0. The van der Waals surface area contributed by atoms with E-state index in [9.17, 15) is 0 Å². The van der Waals surface area contributed by atoms with Crippen LogP contribution in [0.1, 0.15) is 0 Å². The maximum atomic E-state index is 5.80. The van der Waals surface area contributed by atoms with Crippen LogP contribution < -0.4 is 10.4 Å². The van der Waals surface area contributed by atoms with Crippen molar-refractivity contribution in [2.75, 3.05) is 19.0 Å². The molecule has 0 saturated carbocycles. The van der Waals surface area contributed by atoms with Gasteiger partial charge in [0, 0.05) is 25.3 Å². The minimum atomic E-state index is 0.783. The molecule has 2 nitrogen and oxygen atoms in total. The van der Waals surface area contributed by atoms with Gasteiger partial charge in [-0.05, 0) is 36.4 Å². The summed E-state index contributed by atoms with van der Waals surface area (Å²) >= 11 is 1.67. The average molecular weight is 264 g/mol. The number of anilines is 1. The largest absolute Gasteiger partial charge is 0.378 e. The lowest BCUT2D eigenvalue weighted by atomic mass is 9.97. The molecule has 0 spiro atoms. The van der Waals surface area contributed by atoms with Crippen molar-refractivity contribution in [1.82, 2.24) is 4.98 Å². The molecule has 0 fully saturated rings. The summed E-state index contributed by atoms with van der Waals surface area (Å²) in [7, 11) is 9.87. The Morgan fingerprint density at radius 2 is 1.79 bits per heavy atom. The predicted octanol–water partition coefficient (Wildman–Crippen LogP) is 2.82. The highest BCUT2D eigenvalue weighted by Gasteiger charge is 2.06. The van der Waals surface area contributed by atoms with Crippen molar-refractivity contribution >= 4 is 40.5 Å². The molecule has 0 unspecified atom stereocenters. The van der Waals surface area contributed by atoms with Gasteiger partial charge < -0.3 is 4.90 Å². The van der Waals surface area contributed by atoms with E-state index in [-0.39, 0.29) is 0 Å². The van der Waals surface area contributed by atoms with Gasteiger partial charge in [-0.3, -0.25) is 0 Å². The van der Waals surface area contributed by atoms with E-state index < -0.39 is 0 Å². The zero-order chi connectivity index (χ0) is 13.4. The summed E-state index contributed by atoms with van der Waals surface area (Å²) in [6.45, 7) is 0. The zero-order valence-electron chi connectivity index (χ0n) is 10.9. The van der Waals surface area contributed by atoms with Gasteiger partial charge in [-0.1, -0.05) is 11.5 Å². The Morgan fingerprint density at radius 1 is 1.05 bits per heavy atom. The number of aromatic nitrogens is 1. The molecule has 2 radical (unpaired) electrons. The quantitative estimate of drug-likeness (QED) is 0.662. The van der Waals surface area contributed by atoms with E-state index in [0.717, 1.165) is 26.3 Å². The highest BCUT2D eigenvalue weighted by molar-refractivity contribution is 7.21. The second-order valence-electron chi connectivity index (χ2n) is 4.69. The van der Waals surface area contributed by atoms with Gasteiger partial charge in [0.25, 0.3) is 0 Å². The average Bonchev–Trinajstić information content (AvgIpc) is 2.81. The Hall–Kier alpha value is -1.81. The summed E-state index contributed by atoms with van der Waals surface area (Å²) in [5, 5.41) is 1.03. The van der Waals surface area contributed by atoms with Gasteiger partial charge in [0.1, 0.15) is 12.9 Å². The maximum absolute atomic E-state index is 5.80. The first-order valence-corrected chi connectivity index (χ1v) is 6.89. The molecule has 3 aromatic rings. The lowest BCUT2D eigenvalue weighted by molar-refractivity contribution is 1.13. The molecule has 1 heterocycles. The maximum Gasteiger partial charge on any atom is 0.124 e. The van der Waals surface area contributed by atoms with Crippen molar-refractivity contribution in [2.24, 2.45) is 0 Å². The second kappa shape index (κ2) is 4.70. The molecule has 0 atom stereocenters. The Morgan fingerprint density at radius 3 is 2.47 bits per heavy atom. The van der Waals surface area contributed by atoms with Gasteiger partial charge >= 0.3 is 0 Å². The molecule has 0 amide bonds. The molecule has 0 bridgehead atoms. The summed E-state index contributed by atoms with van der Waals surface area (Å²) in [5.41, 5.74) is 4.12. The first-order valence-electron chi connectivity index (χ1n) is 6.07. The summed E-state index contributed by atoms with van der Waals surface area (Å²) in [6, 6.07) is 14.3. The fourth-order valence-electron chi connectivity index (χ4n) is 1.97. The zero-order valence-corrected chi connectivity index (χ0v) is 11.7. The number of thiazole rings is 1. The van der Waals surface area contributed by atoms with Crippen molar-refractivity contribution in [1.29, 1.82) is 0 Å². The summed E-state index contributed by atoms with van der Waals surface area (Å²) < 4.78 is 1.13. The third-order valence-corrected chi connectivity index (χ3v) is 4.11. The lowest BCUT2D eigenvalue weighted by Gasteiger charge is -2.11. The monoisotopic (exact) mass is 264 g/mol. The van der Waals surface area contributed by atoms with Gasteiger partial charge in [0.15, 0.2) is 0 Å². The molecule has 1 aromatic heterocycles. The molecule has 0 aliphatic heterocycles. The van der Waals surface area contributed by atoms with Gasteiger partial charge in [0.2, 0.25) is 0 Å². The third-order valence-electron chi connectivity index (χ3n) is 3.04. The predicted molar refractivity (Wildman–Crippen MR) is 84.8 cm³/mol. The second-order valence-corrected chi connectivity index (χ2v) is 5.72. The molecule has 0 N–H and O–H groups in total. The standard InChI is InChI=1S/C15H13BN2S/c1-18(2)12-6-3-10(4-7-12)15-17-13-8-5-11(16)9-14(13)19-15/h3-9H,1-2H3. The molecule has 92 valence electrons. The van der Waals surface area contributed by atoms with E-state index >= 15 is 0 Å². The van der Waals surface area contributed by atoms with Gasteiger partial charge in [0.05, 0.1) is 10.2 Å². The van der Waals surface area contributed by atoms with Gasteiger partial charge in [-0.2, -0.15) is 0 Å². The molecule has 0 aliphatic carbocycles. The molecular formula is C15H13BN2S. The van der Waals surface area contributed by atoms with Crippen molar-refractivity contribution in [3.63, 3.8) is 0 Å². The summed E-state index contributed by atoms with van der Waals surface area (Å²) in [4.78, 5) is 6.73. The van der Waals surface area contributed by atoms with Gasteiger partial charge in [-0.25, -0.2) is 4.98 Å². The first kappa shape index (κ1) is 12.2. The highest BCUT2D eigenvalue weighted by atomic mass is 32.1. The Kier molecular flexibility index (Phi) is 3.03. The van der Waals surface area contributed by atoms with Crippen LogP contribution in [0.25, 0.3) is 20.8 Å². The summed E-state index contributed by atoms with van der Waals surface area (Å²) in [6.07, 6.45) is 0. The SMILES string of the molecule is [B]c1ccc2nc(-c3ccc(N(C)C)cc3)sc2c1. The van der Waals surface area contributed by atoms with Crippen LogP contribution >= 0.6 is 11.3 Å². The molecule has 0 aliphatic rings. The number of fused-ring (bicyclic) bond motifs is 1.